The van der Waals surface area contributed by atoms with Gasteiger partial charge in [0.1, 0.15) is 5.82 Å². The van der Waals surface area contributed by atoms with Crippen LogP contribution in [0.1, 0.15) is 15.9 Å². The van der Waals surface area contributed by atoms with Gasteiger partial charge in [0, 0.05) is 12.2 Å². The molecule has 1 aliphatic heterocycles. The van der Waals surface area contributed by atoms with Crippen LogP contribution in [0.5, 0.6) is 0 Å². The number of carbonyl (C=O) groups is 1. The summed E-state index contributed by atoms with van der Waals surface area (Å²) < 4.78 is 13.1. The van der Waals surface area contributed by atoms with E-state index in [1.165, 1.54) is 0 Å². The molecular formula is C8H7FN2O. The van der Waals surface area contributed by atoms with Crippen LogP contribution in [0, 0.1) is 5.82 Å². The molecule has 1 aliphatic rings. The molecule has 0 aromatic heterocycles. The van der Waals surface area contributed by atoms with E-state index in [1.807, 2.05) is 0 Å². The van der Waals surface area contributed by atoms with Crippen LogP contribution in [0.4, 0.5) is 10.1 Å². The van der Waals surface area contributed by atoms with E-state index in [-0.39, 0.29) is 11.5 Å². The second kappa shape index (κ2) is 2.20. The summed E-state index contributed by atoms with van der Waals surface area (Å²) in [6.07, 6.45) is 0. The van der Waals surface area contributed by atoms with Crippen molar-refractivity contribution in [1.82, 2.24) is 5.32 Å². The standard InChI is InChI=1S/C8H7FN2O/c9-6-2-5(10)1-4-3-11-8(12)7(4)6/h1-2H,3,10H2,(H,11,12). The molecule has 0 aliphatic carbocycles. The summed E-state index contributed by atoms with van der Waals surface area (Å²) in [7, 11) is 0. The average Bonchev–Trinajstić information content (AvgIpc) is 2.31. The SMILES string of the molecule is Nc1cc(F)c2c(c1)CNC2=O. The minimum absolute atomic E-state index is 0.129. The fourth-order valence-corrected chi connectivity index (χ4v) is 1.34. The van der Waals surface area contributed by atoms with E-state index in [4.69, 9.17) is 5.73 Å². The number of hydrogen-bond acceptors (Lipinski definition) is 2. The number of rotatable bonds is 0. The van der Waals surface area contributed by atoms with Gasteiger partial charge in [-0.2, -0.15) is 0 Å². The van der Waals surface area contributed by atoms with E-state index in [9.17, 15) is 9.18 Å². The molecule has 0 spiro atoms. The lowest BCUT2D eigenvalue weighted by Gasteiger charge is -1.98. The first-order valence-corrected chi connectivity index (χ1v) is 3.54. The Labute approximate surface area is 68.4 Å². The van der Waals surface area contributed by atoms with Crippen LogP contribution in [0.25, 0.3) is 0 Å². The molecule has 1 aromatic rings. The third-order valence-corrected chi connectivity index (χ3v) is 1.86. The predicted octanol–water partition coefficient (Wildman–Crippen LogP) is 0.651. The van der Waals surface area contributed by atoms with Gasteiger partial charge >= 0.3 is 0 Å². The topological polar surface area (TPSA) is 55.1 Å². The third-order valence-electron chi connectivity index (χ3n) is 1.86. The van der Waals surface area contributed by atoms with Crippen molar-refractivity contribution in [2.24, 2.45) is 0 Å². The molecule has 1 amide bonds. The van der Waals surface area contributed by atoms with Crippen LogP contribution in [0.3, 0.4) is 0 Å². The van der Waals surface area contributed by atoms with Crippen LogP contribution >= 0.6 is 0 Å². The maximum atomic E-state index is 13.1. The van der Waals surface area contributed by atoms with Crippen LogP contribution < -0.4 is 11.1 Å². The Bertz CT molecular complexity index is 362. The van der Waals surface area contributed by atoms with E-state index >= 15 is 0 Å². The third kappa shape index (κ3) is 0.845. The Morgan fingerprint density at radius 1 is 1.50 bits per heavy atom. The van der Waals surface area contributed by atoms with E-state index < -0.39 is 5.82 Å². The molecular weight excluding hydrogens is 159 g/mol. The van der Waals surface area contributed by atoms with Gasteiger partial charge in [0.2, 0.25) is 0 Å². The Morgan fingerprint density at radius 3 is 3.00 bits per heavy atom. The zero-order valence-electron chi connectivity index (χ0n) is 6.23. The lowest BCUT2D eigenvalue weighted by Crippen LogP contribution is -2.13. The number of nitrogens with two attached hydrogens (primary N) is 1. The molecule has 0 radical (unpaired) electrons. The maximum Gasteiger partial charge on any atom is 0.254 e. The fourth-order valence-electron chi connectivity index (χ4n) is 1.34. The van der Waals surface area contributed by atoms with Crippen LogP contribution in [0.15, 0.2) is 12.1 Å². The summed E-state index contributed by atoms with van der Waals surface area (Å²) >= 11 is 0. The number of anilines is 1. The van der Waals surface area contributed by atoms with Gasteiger partial charge in [-0.25, -0.2) is 4.39 Å². The van der Waals surface area contributed by atoms with Crippen molar-refractivity contribution in [2.75, 3.05) is 5.73 Å². The fraction of sp³-hybridized carbons (Fsp3) is 0.125. The Balaban J connectivity index is 2.68. The Hall–Kier alpha value is -1.58. The van der Waals surface area contributed by atoms with Crippen molar-refractivity contribution in [3.05, 3.63) is 29.1 Å². The van der Waals surface area contributed by atoms with Crippen molar-refractivity contribution in [3.8, 4) is 0 Å². The highest BCUT2D eigenvalue weighted by Crippen LogP contribution is 2.21. The van der Waals surface area contributed by atoms with Gasteiger partial charge in [0.05, 0.1) is 5.56 Å². The van der Waals surface area contributed by atoms with Gasteiger partial charge in [-0.05, 0) is 17.7 Å². The zero-order chi connectivity index (χ0) is 8.72. The van der Waals surface area contributed by atoms with E-state index in [0.717, 1.165) is 6.07 Å². The van der Waals surface area contributed by atoms with E-state index in [0.29, 0.717) is 17.8 Å². The number of nitrogen functional groups attached to an aromatic ring is 1. The summed E-state index contributed by atoms with van der Waals surface area (Å²) in [5, 5.41) is 2.52. The molecule has 0 saturated carbocycles. The van der Waals surface area contributed by atoms with Crippen LogP contribution in [-0.2, 0) is 6.54 Å². The first kappa shape index (κ1) is 7.09. The highest BCUT2D eigenvalue weighted by molar-refractivity contribution is 5.98. The first-order valence-electron chi connectivity index (χ1n) is 3.54. The van der Waals surface area contributed by atoms with E-state index in [1.54, 1.807) is 6.07 Å². The molecule has 0 unspecified atom stereocenters. The number of nitrogens with one attached hydrogen (secondary N) is 1. The highest BCUT2D eigenvalue weighted by Gasteiger charge is 2.22. The summed E-state index contributed by atoms with van der Waals surface area (Å²) in [5.74, 6) is -0.900. The van der Waals surface area contributed by atoms with Gasteiger partial charge in [-0.3, -0.25) is 4.79 Å². The summed E-state index contributed by atoms with van der Waals surface area (Å²) in [5.41, 5.74) is 6.51. The quantitative estimate of drug-likeness (QED) is 0.556. The molecule has 0 bridgehead atoms. The highest BCUT2D eigenvalue weighted by atomic mass is 19.1. The van der Waals surface area contributed by atoms with Gasteiger partial charge in [0.15, 0.2) is 0 Å². The van der Waals surface area contributed by atoms with Gasteiger partial charge in [-0.1, -0.05) is 0 Å². The number of carbonyl (C=O) groups excluding carboxylic acids is 1. The van der Waals surface area contributed by atoms with Gasteiger partial charge in [-0.15, -0.1) is 0 Å². The Kier molecular flexibility index (Phi) is 1.30. The number of amides is 1. The molecule has 0 atom stereocenters. The second-order valence-corrected chi connectivity index (χ2v) is 2.72. The predicted molar refractivity (Wildman–Crippen MR) is 42.0 cm³/mol. The average molecular weight is 166 g/mol. The van der Waals surface area contributed by atoms with Crippen molar-refractivity contribution < 1.29 is 9.18 Å². The van der Waals surface area contributed by atoms with Crippen molar-refractivity contribution in [2.45, 2.75) is 6.54 Å². The zero-order valence-corrected chi connectivity index (χ0v) is 6.23. The summed E-state index contributed by atoms with van der Waals surface area (Å²) in [6.45, 7) is 0.371. The molecule has 1 aromatic carbocycles. The second-order valence-electron chi connectivity index (χ2n) is 2.72. The summed E-state index contributed by atoms with van der Waals surface area (Å²) in [4.78, 5) is 11.0. The van der Waals surface area contributed by atoms with Crippen LogP contribution in [-0.4, -0.2) is 5.91 Å². The van der Waals surface area contributed by atoms with Crippen molar-refractivity contribution in [3.63, 3.8) is 0 Å². The van der Waals surface area contributed by atoms with Crippen molar-refractivity contribution in [1.29, 1.82) is 0 Å². The lowest BCUT2D eigenvalue weighted by molar-refractivity contribution is 0.0962. The summed E-state index contributed by atoms with van der Waals surface area (Å²) in [6, 6.07) is 2.76. The minimum atomic E-state index is -0.542. The first-order chi connectivity index (χ1) is 5.68. The van der Waals surface area contributed by atoms with Crippen molar-refractivity contribution >= 4 is 11.6 Å². The minimum Gasteiger partial charge on any atom is -0.399 e. The number of benzene rings is 1. The number of fused-ring (bicyclic) bond motifs is 1. The van der Waals surface area contributed by atoms with Gasteiger partial charge in [0.25, 0.3) is 5.91 Å². The largest absolute Gasteiger partial charge is 0.399 e. The lowest BCUT2D eigenvalue weighted by atomic mass is 10.1. The molecule has 2 rings (SSSR count). The molecule has 3 N–H and O–H groups in total. The normalized spacial score (nSPS) is 14.2. The van der Waals surface area contributed by atoms with Gasteiger partial charge < -0.3 is 11.1 Å². The number of hydrogen-bond donors (Lipinski definition) is 2. The monoisotopic (exact) mass is 166 g/mol. The smallest absolute Gasteiger partial charge is 0.254 e. The van der Waals surface area contributed by atoms with E-state index in [2.05, 4.69) is 5.32 Å². The molecule has 62 valence electrons. The molecule has 0 saturated heterocycles. The van der Waals surface area contributed by atoms with Crippen LogP contribution in [0.2, 0.25) is 0 Å². The maximum absolute atomic E-state index is 13.1. The molecule has 3 nitrogen and oxygen atoms in total. The molecule has 4 heteroatoms. The molecule has 0 fully saturated rings. The molecule has 12 heavy (non-hydrogen) atoms. The Morgan fingerprint density at radius 2 is 2.25 bits per heavy atom. The molecule has 1 heterocycles. The number of halogens is 1.